The van der Waals surface area contributed by atoms with Crippen LogP contribution in [-0.4, -0.2) is 5.78 Å². The second-order valence-electron chi connectivity index (χ2n) is 8.24. The number of rotatable bonds is 2. The number of ketones is 1. The second kappa shape index (κ2) is 7.72. The van der Waals surface area contributed by atoms with Crippen molar-refractivity contribution in [1.82, 2.24) is 0 Å². The Morgan fingerprint density at radius 1 is 1.30 bits per heavy atom. The van der Waals surface area contributed by atoms with Gasteiger partial charge in [-0.15, -0.1) is 11.3 Å². The van der Waals surface area contributed by atoms with E-state index < -0.39 is 5.92 Å². The topological polar surface area (TPSA) is 70.1 Å². The van der Waals surface area contributed by atoms with Crippen LogP contribution in [0.5, 0.6) is 0 Å². The third-order valence-electron chi connectivity index (χ3n) is 5.40. The SMILES string of the molecule is CC1(C)CC(=O)C2=C(C1)N(c1ccc(Cl)cc1Cl)C(N)=C(C#N)C2c1cc(Br)cs1. The molecule has 0 fully saturated rings. The number of allylic oxidation sites excluding steroid dienone is 3. The summed E-state index contributed by atoms with van der Waals surface area (Å²) in [6.07, 6.45) is 1.05. The number of anilines is 1. The van der Waals surface area contributed by atoms with Gasteiger partial charge in [-0.05, 0) is 52.0 Å². The predicted octanol–water partition coefficient (Wildman–Crippen LogP) is 6.76. The van der Waals surface area contributed by atoms with E-state index in [9.17, 15) is 10.1 Å². The molecule has 30 heavy (non-hydrogen) atoms. The van der Waals surface area contributed by atoms with Gasteiger partial charge in [-0.2, -0.15) is 5.26 Å². The van der Waals surface area contributed by atoms with Crippen LogP contribution in [0.4, 0.5) is 5.69 Å². The van der Waals surface area contributed by atoms with Crippen molar-refractivity contribution in [2.24, 2.45) is 11.1 Å². The molecular weight excluding hydrogens is 505 g/mol. The third kappa shape index (κ3) is 3.58. The fraction of sp³-hybridized carbons (Fsp3) is 0.273. The van der Waals surface area contributed by atoms with Crippen LogP contribution in [0.25, 0.3) is 0 Å². The third-order valence-corrected chi connectivity index (χ3v) is 7.70. The summed E-state index contributed by atoms with van der Waals surface area (Å²) in [4.78, 5) is 16.1. The summed E-state index contributed by atoms with van der Waals surface area (Å²) in [5, 5.41) is 12.9. The van der Waals surface area contributed by atoms with E-state index >= 15 is 0 Å². The van der Waals surface area contributed by atoms with E-state index in [4.69, 9.17) is 28.9 Å². The van der Waals surface area contributed by atoms with Crippen LogP contribution in [-0.2, 0) is 4.79 Å². The van der Waals surface area contributed by atoms with Gasteiger partial charge in [0, 0.05) is 37.4 Å². The summed E-state index contributed by atoms with van der Waals surface area (Å²) < 4.78 is 0.910. The molecular formula is C22H18BrCl2N3OS. The van der Waals surface area contributed by atoms with Gasteiger partial charge in [-0.25, -0.2) is 0 Å². The van der Waals surface area contributed by atoms with Gasteiger partial charge in [0.2, 0.25) is 0 Å². The first-order chi connectivity index (χ1) is 14.1. The Bertz CT molecular complexity index is 1180. The molecule has 4 nitrogen and oxygen atoms in total. The molecule has 1 unspecified atom stereocenters. The standard InChI is InChI=1S/C22H18BrCl2N3OS/c1-22(2)7-16-20(17(29)8-22)19(18-5-11(23)10-30-18)13(9-26)21(27)28(16)15-4-3-12(24)6-14(15)25/h3-6,10,19H,7-8,27H2,1-2H3. The summed E-state index contributed by atoms with van der Waals surface area (Å²) in [7, 11) is 0. The van der Waals surface area contributed by atoms with E-state index in [0.717, 1.165) is 15.0 Å². The summed E-state index contributed by atoms with van der Waals surface area (Å²) in [6.45, 7) is 4.12. The number of hydrogen-bond acceptors (Lipinski definition) is 5. The van der Waals surface area contributed by atoms with E-state index in [-0.39, 0.29) is 11.2 Å². The lowest BCUT2D eigenvalue weighted by Crippen LogP contribution is -2.42. The quantitative estimate of drug-likeness (QED) is 0.473. The molecule has 1 aromatic carbocycles. The van der Waals surface area contributed by atoms with Crippen LogP contribution in [0.2, 0.25) is 10.0 Å². The number of carbonyl (C=O) groups excluding carboxylic acids is 1. The smallest absolute Gasteiger partial charge is 0.162 e. The minimum Gasteiger partial charge on any atom is -0.384 e. The first-order valence-corrected chi connectivity index (χ1v) is 11.7. The van der Waals surface area contributed by atoms with Gasteiger partial charge in [0.15, 0.2) is 5.78 Å². The summed E-state index contributed by atoms with van der Waals surface area (Å²) in [6, 6.07) is 9.34. The molecule has 2 aliphatic rings. The molecule has 1 atom stereocenters. The Labute approximate surface area is 197 Å². The molecule has 0 saturated heterocycles. The number of nitrogens with zero attached hydrogens (tertiary/aromatic N) is 2. The fourth-order valence-corrected chi connectivity index (χ4v) is 6.27. The van der Waals surface area contributed by atoms with Crippen molar-refractivity contribution in [2.75, 3.05) is 4.90 Å². The molecule has 2 N–H and O–H groups in total. The number of hydrogen-bond donors (Lipinski definition) is 1. The average Bonchev–Trinajstić information content (AvgIpc) is 3.07. The van der Waals surface area contributed by atoms with Crippen molar-refractivity contribution >= 4 is 61.9 Å². The second-order valence-corrected chi connectivity index (χ2v) is 10.9. The van der Waals surface area contributed by atoms with E-state index in [2.05, 4.69) is 35.8 Å². The Morgan fingerprint density at radius 2 is 2.03 bits per heavy atom. The molecule has 4 rings (SSSR count). The van der Waals surface area contributed by atoms with Gasteiger partial charge < -0.3 is 5.73 Å². The molecule has 154 valence electrons. The molecule has 1 aliphatic carbocycles. The van der Waals surface area contributed by atoms with Gasteiger partial charge >= 0.3 is 0 Å². The lowest BCUT2D eigenvalue weighted by atomic mass is 9.69. The van der Waals surface area contributed by atoms with Gasteiger partial charge in [-0.3, -0.25) is 9.69 Å². The summed E-state index contributed by atoms with van der Waals surface area (Å²) >= 11 is 17.6. The van der Waals surface area contributed by atoms with Gasteiger partial charge in [0.25, 0.3) is 0 Å². The molecule has 8 heteroatoms. The number of nitrogens with two attached hydrogens (primary N) is 1. The average molecular weight is 523 g/mol. The Hall–Kier alpha value is -1.78. The van der Waals surface area contributed by atoms with Crippen molar-refractivity contribution in [3.63, 3.8) is 0 Å². The Balaban J connectivity index is 2.02. The molecule has 2 heterocycles. The van der Waals surface area contributed by atoms with Crippen molar-refractivity contribution in [3.8, 4) is 6.07 Å². The molecule has 1 aliphatic heterocycles. The highest BCUT2D eigenvalue weighted by Crippen LogP contribution is 2.52. The van der Waals surface area contributed by atoms with Crippen LogP contribution in [0.15, 0.2) is 56.8 Å². The number of Topliss-reactive ketones (excluding diaryl/α,β-unsaturated/α-hetero) is 1. The normalized spacial score (nSPS) is 21.0. The molecule has 0 radical (unpaired) electrons. The fourth-order valence-electron chi connectivity index (χ4n) is 4.21. The maximum absolute atomic E-state index is 13.4. The van der Waals surface area contributed by atoms with Crippen LogP contribution >= 0.6 is 50.5 Å². The monoisotopic (exact) mass is 521 g/mol. The maximum atomic E-state index is 13.4. The highest BCUT2D eigenvalue weighted by atomic mass is 79.9. The zero-order valence-electron chi connectivity index (χ0n) is 16.3. The number of benzene rings is 1. The lowest BCUT2D eigenvalue weighted by Gasteiger charge is -2.43. The highest BCUT2D eigenvalue weighted by Gasteiger charge is 2.45. The zero-order chi connectivity index (χ0) is 21.8. The highest BCUT2D eigenvalue weighted by molar-refractivity contribution is 9.10. The molecule has 0 amide bonds. The Morgan fingerprint density at radius 3 is 2.63 bits per heavy atom. The molecule has 1 aromatic heterocycles. The van der Waals surface area contributed by atoms with E-state index in [0.29, 0.717) is 45.5 Å². The minimum absolute atomic E-state index is 0.0334. The van der Waals surface area contributed by atoms with Crippen LogP contribution in [0.3, 0.4) is 0 Å². The maximum Gasteiger partial charge on any atom is 0.162 e. The number of carbonyl (C=O) groups is 1. The minimum atomic E-state index is -0.479. The van der Waals surface area contributed by atoms with E-state index in [1.54, 1.807) is 23.1 Å². The Kier molecular flexibility index (Phi) is 5.52. The van der Waals surface area contributed by atoms with Crippen LogP contribution < -0.4 is 10.6 Å². The molecule has 0 spiro atoms. The number of nitriles is 1. The molecule has 0 saturated carbocycles. The van der Waals surface area contributed by atoms with Crippen molar-refractivity contribution in [3.05, 3.63) is 71.7 Å². The molecule has 0 bridgehead atoms. The van der Waals surface area contributed by atoms with Gasteiger partial charge in [0.05, 0.1) is 28.3 Å². The van der Waals surface area contributed by atoms with Crippen LogP contribution in [0, 0.1) is 16.7 Å². The van der Waals surface area contributed by atoms with Crippen LogP contribution in [0.1, 0.15) is 37.5 Å². The van der Waals surface area contributed by atoms with Crippen molar-refractivity contribution in [1.29, 1.82) is 5.26 Å². The molecule has 2 aromatic rings. The van der Waals surface area contributed by atoms with Crippen molar-refractivity contribution < 1.29 is 4.79 Å². The van der Waals surface area contributed by atoms with E-state index in [1.807, 2.05) is 11.4 Å². The summed E-state index contributed by atoms with van der Waals surface area (Å²) in [5.41, 5.74) is 8.73. The van der Waals surface area contributed by atoms with E-state index in [1.165, 1.54) is 11.3 Å². The van der Waals surface area contributed by atoms with Gasteiger partial charge in [0.1, 0.15) is 5.82 Å². The summed E-state index contributed by atoms with van der Waals surface area (Å²) in [5.74, 6) is -0.154. The van der Waals surface area contributed by atoms with Gasteiger partial charge in [-0.1, -0.05) is 37.0 Å². The number of thiophene rings is 1. The van der Waals surface area contributed by atoms with Crippen molar-refractivity contribution in [2.45, 2.75) is 32.6 Å². The number of halogens is 3. The largest absolute Gasteiger partial charge is 0.384 e. The first kappa shape index (κ1) is 21.5. The first-order valence-electron chi connectivity index (χ1n) is 9.28. The zero-order valence-corrected chi connectivity index (χ0v) is 20.2. The predicted molar refractivity (Wildman–Crippen MR) is 126 cm³/mol. The lowest BCUT2D eigenvalue weighted by molar-refractivity contribution is -0.118.